The number of nitrogens with zero attached hydrogens (tertiary/aromatic N) is 2. The predicted molar refractivity (Wildman–Crippen MR) is 78.4 cm³/mol. The van der Waals surface area contributed by atoms with Crippen LogP contribution in [0.2, 0.25) is 0 Å². The maximum Gasteiger partial charge on any atom is 0.233 e. The van der Waals surface area contributed by atoms with Gasteiger partial charge in [-0.05, 0) is 5.56 Å². The highest BCUT2D eigenvalue weighted by molar-refractivity contribution is 7.91. The lowest BCUT2D eigenvalue weighted by Crippen LogP contribution is -2.47. The first kappa shape index (κ1) is 15.0. The molecule has 0 N–H and O–H groups in total. The molecule has 118 valence electrons. The Kier molecular flexibility index (Phi) is 3.64. The molecule has 22 heavy (non-hydrogen) atoms. The van der Waals surface area contributed by atoms with E-state index >= 15 is 0 Å². The van der Waals surface area contributed by atoms with Crippen molar-refractivity contribution in [3.05, 3.63) is 46.0 Å². The molecule has 1 aliphatic heterocycles. The van der Waals surface area contributed by atoms with Gasteiger partial charge in [0.1, 0.15) is 5.92 Å². The Bertz CT molecular complexity index is 703. The molecule has 1 aliphatic carbocycles. The molecule has 3 rings (SSSR count). The van der Waals surface area contributed by atoms with Gasteiger partial charge in [0.2, 0.25) is 11.9 Å². The van der Waals surface area contributed by atoms with Gasteiger partial charge in [0.25, 0.3) is 0 Å². The normalized spacial score (nSPS) is 29.8. The number of carbonyl (C=O) groups is 1. The first-order valence-corrected chi connectivity index (χ1v) is 8.90. The second-order valence-electron chi connectivity index (χ2n) is 5.77. The summed E-state index contributed by atoms with van der Waals surface area (Å²) < 4.78 is 23.8. The molecular weight excluding hydrogens is 308 g/mol. The Hall–Kier alpha value is -1.96. The first-order valence-electron chi connectivity index (χ1n) is 7.08. The Labute approximate surface area is 128 Å². The summed E-state index contributed by atoms with van der Waals surface area (Å²) in [6, 6.07) is 7.58. The van der Waals surface area contributed by atoms with E-state index in [9.17, 15) is 23.3 Å². The van der Waals surface area contributed by atoms with Gasteiger partial charge < -0.3 is 4.90 Å². The molecule has 0 aromatic heterocycles. The van der Waals surface area contributed by atoms with Crippen LogP contribution in [0.25, 0.3) is 0 Å². The molecule has 0 spiro atoms. The summed E-state index contributed by atoms with van der Waals surface area (Å²) in [5.41, 5.74) is 0.748. The van der Waals surface area contributed by atoms with Crippen LogP contribution in [0.1, 0.15) is 18.0 Å². The SMILES string of the molecule is O=C([C@@H]1C[C@H]1[N+](=O)[O-])N1CCS(=O)(=O)C[C@H]1c1ccccc1. The summed E-state index contributed by atoms with van der Waals surface area (Å²) >= 11 is 0. The topological polar surface area (TPSA) is 97.6 Å². The van der Waals surface area contributed by atoms with Crippen molar-refractivity contribution in [1.82, 2.24) is 4.90 Å². The third-order valence-electron chi connectivity index (χ3n) is 4.24. The minimum atomic E-state index is -3.21. The first-order chi connectivity index (χ1) is 10.4. The van der Waals surface area contributed by atoms with E-state index in [0.717, 1.165) is 5.56 Å². The van der Waals surface area contributed by atoms with E-state index in [1.807, 2.05) is 6.07 Å². The van der Waals surface area contributed by atoms with E-state index in [0.29, 0.717) is 0 Å². The second-order valence-corrected chi connectivity index (χ2v) is 8.00. The lowest BCUT2D eigenvalue weighted by molar-refractivity contribution is -0.497. The van der Waals surface area contributed by atoms with Crippen LogP contribution in [-0.4, -0.2) is 48.2 Å². The van der Waals surface area contributed by atoms with Crippen LogP contribution in [0, 0.1) is 16.0 Å². The van der Waals surface area contributed by atoms with E-state index in [1.165, 1.54) is 4.90 Å². The highest BCUT2D eigenvalue weighted by Crippen LogP contribution is 2.38. The van der Waals surface area contributed by atoms with Crippen molar-refractivity contribution >= 4 is 15.7 Å². The van der Waals surface area contributed by atoms with Gasteiger partial charge >= 0.3 is 0 Å². The standard InChI is InChI=1S/C14H16N2O5S/c17-14(11-8-12(11)16(18)19)15-6-7-22(20,21)9-13(15)10-4-2-1-3-5-10/h1-5,11-13H,6-9H2/t11-,12-,13+/m1/s1. The molecule has 0 unspecified atom stereocenters. The summed E-state index contributed by atoms with van der Waals surface area (Å²) in [6.07, 6.45) is 0.247. The highest BCUT2D eigenvalue weighted by Gasteiger charge is 2.56. The van der Waals surface area contributed by atoms with Crippen molar-refractivity contribution in [2.75, 3.05) is 18.1 Å². The minimum Gasteiger partial charge on any atom is -0.333 e. The lowest BCUT2D eigenvalue weighted by Gasteiger charge is -2.35. The molecule has 8 heteroatoms. The Morgan fingerprint density at radius 2 is 1.95 bits per heavy atom. The molecule has 1 amide bonds. The van der Waals surface area contributed by atoms with Crippen LogP contribution in [-0.2, 0) is 14.6 Å². The van der Waals surface area contributed by atoms with Crippen molar-refractivity contribution in [2.24, 2.45) is 5.92 Å². The lowest BCUT2D eigenvalue weighted by atomic mass is 10.1. The average Bonchev–Trinajstić information content (AvgIpc) is 3.27. The molecule has 3 atom stereocenters. The zero-order chi connectivity index (χ0) is 15.9. The van der Waals surface area contributed by atoms with Gasteiger partial charge in [0.05, 0.1) is 17.5 Å². The molecule has 2 aliphatic rings. The molecule has 1 saturated heterocycles. The number of rotatable bonds is 3. The van der Waals surface area contributed by atoms with Crippen molar-refractivity contribution in [2.45, 2.75) is 18.5 Å². The third kappa shape index (κ3) is 2.83. The minimum absolute atomic E-state index is 0.0854. The van der Waals surface area contributed by atoms with E-state index in [1.54, 1.807) is 24.3 Å². The van der Waals surface area contributed by atoms with Crippen molar-refractivity contribution in [3.63, 3.8) is 0 Å². The fourth-order valence-electron chi connectivity index (χ4n) is 2.92. The van der Waals surface area contributed by atoms with Crippen LogP contribution in [0.3, 0.4) is 0 Å². The summed E-state index contributed by atoms with van der Waals surface area (Å²) in [7, 11) is -3.21. The molecular formula is C14H16N2O5S. The third-order valence-corrected chi connectivity index (χ3v) is 5.87. The molecule has 1 aromatic rings. The molecule has 1 heterocycles. The fourth-order valence-corrected chi connectivity index (χ4v) is 4.41. The molecule has 1 aromatic carbocycles. The number of hydrogen-bond acceptors (Lipinski definition) is 5. The van der Waals surface area contributed by atoms with Gasteiger partial charge in [-0.2, -0.15) is 0 Å². The monoisotopic (exact) mass is 324 g/mol. The maximum absolute atomic E-state index is 12.5. The Morgan fingerprint density at radius 1 is 1.27 bits per heavy atom. The largest absolute Gasteiger partial charge is 0.333 e. The van der Waals surface area contributed by atoms with Gasteiger partial charge in [0.15, 0.2) is 9.84 Å². The highest BCUT2D eigenvalue weighted by atomic mass is 32.2. The Balaban J connectivity index is 1.85. The number of nitro groups is 1. The maximum atomic E-state index is 12.5. The summed E-state index contributed by atoms with van der Waals surface area (Å²) in [5, 5.41) is 10.8. The number of carbonyl (C=O) groups excluding carboxylic acids is 1. The molecule has 0 radical (unpaired) electrons. The van der Waals surface area contributed by atoms with E-state index < -0.39 is 32.8 Å². The van der Waals surface area contributed by atoms with Gasteiger partial charge in [0, 0.05) is 17.9 Å². The zero-order valence-electron chi connectivity index (χ0n) is 11.8. The summed E-state index contributed by atoms with van der Waals surface area (Å²) in [4.78, 5) is 24.3. The molecule has 1 saturated carbocycles. The van der Waals surface area contributed by atoms with E-state index in [4.69, 9.17) is 0 Å². The van der Waals surface area contributed by atoms with Crippen LogP contribution >= 0.6 is 0 Å². The molecule has 7 nitrogen and oxygen atoms in total. The Morgan fingerprint density at radius 3 is 2.55 bits per heavy atom. The number of amides is 1. The van der Waals surface area contributed by atoms with Crippen LogP contribution < -0.4 is 0 Å². The summed E-state index contributed by atoms with van der Waals surface area (Å²) in [6.45, 7) is 0.0989. The smallest absolute Gasteiger partial charge is 0.233 e. The number of sulfone groups is 1. The van der Waals surface area contributed by atoms with Crippen molar-refractivity contribution in [1.29, 1.82) is 0 Å². The quantitative estimate of drug-likeness (QED) is 0.600. The van der Waals surface area contributed by atoms with Gasteiger partial charge in [-0.25, -0.2) is 8.42 Å². The molecule has 0 bridgehead atoms. The fraction of sp³-hybridized carbons (Fsp3) is 0.500. The van der Waals surface area contributed by atoms with E-state index in [2.05, 4.69) is 0 Å². The number of benzene rings is 1. The number of hydrogen-bond donors (Lipinski definition) is 0. The van der Waals surface area contributed by atoms with Crippen LogP contribution in [0.5, 0.6) is 0 Å². The van der Waals surface area contributed by atoms with Crippen LogP contribution in [0.4, 0.5) is 0 Å². The van der Waals surface area contributed by atoms with Crippen LogP contribution in [0.15, 0.2) is 30.3 Å². The average molecular weight is 324 g/mol. The summed E-state index contributed by atoms with van der Waals surface area (Å²) in [5.74, 6) is -1.12. The second kappa shape index (κ2) is 5.35. The van der Waals surface area contributed by atoms with Gasteiger partial charge in [-0.1, -0.05) is 30.3 Å². The van der Waals surface area contributed by atoms with Crippen molar-refractivity contribution < 1.29 is 18.1 Å². The van der Waals surface area contributed by atoms with Gasteiger partial charge in [-0.15, -0.1) is 0 Å². The molecule has 2 fully saturated rings. The predicted octanol–water partition coefficient (Wildman–Crippen LogP) is 0.650. The van der Waals surface area contributed by atoms with Crippen molar-refractivity contribution in [3.8, 4) is 0 Å². The zero-order valence-corrected chi connectivity index (χ0v) is 12.6. The van der Waals surface area contributed by atoms with E-state index in [-0.39, 0.29) is 30.4 Å². The van der Waals surface area contributed by atoms with Gasteiger partial charge in [-0.3, -0.25) is 14.9 Å².